The summed E-state index contributed by atoms with van der Waals surface area (Å²) in [4.78, 5) is 11.0. The predicted molar refractivity (Wildman–Crippen MR) is 110 cm³/mol. The normalized spacial score (nSPS) is 18.0. The summed E-state index contributed by atoms with van der Waals surface area (Å²) in [6.45, 7) is 12.0. The first-order chi connectivity index (χ1) is 13.7. The van der Waals surface area contributed by atoms with Crippen LogP contribution in [0, 0.1) is 0 Å². The third-order valence-electron chi connectivity index (χ3n) is 4.79. The quantitative estimate of drug-likeness (QED) is 0.200. The molecule has 0 amide bonds. The smallest absolute Gasteiger partial charge is 0.330 e. The van der Waals surface area contributed by atoms with Gasteiger partial charge < -0.3 is 24.1 Å². The zero-order valence-corrected chi connectivity index (χ0v) is 17.5. The number of aliphatic hydroxyl groups is 1. The molecule has 158 valence electrons. The summed E-state index contributed by atoms with van der Waals surface area (Å²) in [5, 5.41) is 9.78. The van der Waals surface area contributed by atoms with Crippen molar-refractivity contribution < 1.29 is 28.8 Å². The van der Waals surface area contributed by atoms with Crippen LogP contribution in [-0.4, -0.2) is 43.3 Å². The van der Waals surface area contributed by atoms with Crippen molar-refractivity contribution in [1.82, 2.24) is 0 Å². The van der Waals surface area contributed by atoms with Crippen molar-refractivity contribution in [1.29, 1.82) is 0 Å². The van der Waals surface area contributed by atoms with E-state index in [1.54, 1.807) is 0 Å². The van der Waals surface area contributed by atoms with Crippen LogP contribution in [0.5, 0.6) is 5.75 Å². The first-order valence-corrected chi connectivity index (χ1v) is 9.57. The number of hydrogen-bond acceptors (Lipinski definition) is 6. The number of carbonyl (C=O) groups is 1. The molecule has 1 aliphatic heterocycles. The average Bonchev–Trinajstić information content (AvgIpc) is 3.52. The molecule has 2 atom stereocenters. The Morgan fingerprint density at radius 1 is 1.24 bits per heavy atom. The maximum Gasteiger partial charge on any atom is 0.330 e. The summed E-state index contributed by atoms with van der Waals surface area (Å²) in [6, 6.07) is 8.03. The molecule has 2 unspecified atom stereocenters. The van der Waals surface area contributed by atoms with Gasteiger partial charge in [-0.15, -0.1) is 0 Å². The maximum atomic E-state index is 11.0. The van der Waals surface area contributed by atoms with E-state index in [9.17, 15) is 9.90 Å². The molecule has 1 aliphatic rings. The van der Waals surface area contributed by atoms with Crippen molar-refractivity contribution in [3.8, 4) is 5.75 Å². The van der Waals surface area contributed by atoms with Crippen LogP contribution in [0.25, 0.3) is 0 Å². The molecular weight excluding hydrogens is 372 g/mol. The summed E-state index contributed by atoms with van der Waals surface area (Å²) in [6.07, 6.45) is 3.92. The Morgan fingerprint density at radius 2 is 1.86 bits per heavy atom. The largest absolute Gasteiger partial charge is 0.495 e. The summed E-state index contributed by atoms with van der Waals surface area (Å²) in [5.41, 5.74) is 2.14. The number of ether oxygens (including phenoxy) is 4. The van der Waals surface area contributed by atoms with Crippen LogP contribution >= 0.6 is 0 Å². The van der Waals surface area contributed by atoms with Crippen molar-refractivity contribution in [2.75, 3.05) is 19.8 Å². The van der Waals surface area contributed by atoms with E-state index in [-0.39, 0.29) is 24.9 Å². The highest BCUT2D eigenvalue weighted by atomic mass is 16.8. The number of esters is 1. The number of allylic oxidation sites excluding steroid dienone is 4. The monoisotopic (exact) mass is 402 g/mol. The van der Waals surface area contributed by atoms with Crippen LogP contribution in [0.4, 0.5) is 0 Å². The summed E-state index contributed by atoms with van der Waals surface area (Å²) in [7, 11) is 0. The topological polar surface area (TPSA) is 77.5 Å². The minimum absolute atomic E-state index is 0.0369. The zero-order chi connectivity index (χ0) is 21.4. The van der Waals surface area contributed by atoms with E-state index >= 15 is 0 Å². The molecule has 6 nitrogen and oxygen atoms in total. The molecule has 0 bridgehead atoms. The molecule has 1 N–H and O–H groups in total. The fourth-order valence-corrected chi connectivity index (χ4v) is 2.45. The second-order valence-electron chi connectivity index (χ2n) is 7.46. The van der Waals surface area contributed by atoms with Gasteiger partial charge in [-0.1, -0.05) is 44.2 Å². The fraction of sp³-hybridized carbons (Fsp3) is 0.435. The van der Waals surface area contributed by atoms with E-state index in [4.69, 9.17) is 18.9 Å². The number of hydrogen-bond donors (Lipinski definition) is 1. The SMILES string of the molecule is C=CC(=O)OCC(O)CO/C(C)=C/C=C(\C)C(C)(C)c1ccc(OC2CO2)cc1. The standard InChI is InChI=1S/C23H30O6/c1-6-21(25)27-14-19(24)13-26-17(3)8-7-16(2)23(4,5)18-9-11-20(12-10-18)29-22-15-28-22/h6-12,19,22,24H,1,13-15H2,2-5H3/b16-7+,17-8+. The second-order valence-corrected chi connectivity index (χ2v) is 7.46. The Balaban J connectivity index is 1.89. The number of epoxide rings is 1. The van der Waals surface area contributed by atoms with Gasteiger partial charge in [0, 0.05) is 11.5 Å². The zero-order valence-electron chi connectivity index (χ0n) is 17.5. The molecular formula is C23H30O6. The molecule has 1 heterocycles. The van der Waals surface area contributed by atoms with Crippen LogP contribution in [0.3, 0.4) is 0 Å². The van der Waals surface area contributed by atoms with Crippen LogP contribution in [-0.2, 0) is 24.4 Å². The summed E-state index contributed by atoms with van der Waals surface area (Å²) in [5.74, 6) is 0.884. The van der Waals surface area contributed by atoms with Crippen LogP contribution in [0.2, 0.25) is 0 Å². The molecule has 1 saturated heterocycles. The average molecular weight is 402 g/mol. The lowest BCUT2D eigenvalue weighted by Gasteiger charge is -2.27. The minimum Gasteiger partial charge on any atom is -0.495 e. The molecule has 0 saturated carbocycles. The van der Waals surface area contributed by atoms with Crippen LogP contribution in [0.1, 0.15) is 33.3 Å². The first-order valence-electron chi connectivity index (χ1n) is 9.57. The Bertz CT molecular complexity index is 756. The molecule has 1 fully saturated rings. The predicted octanol–water partition coefficient (Wildman–Crippen LogP) is 3.66. The van der Waals surface area contributed by atoms with Crippen LogP contribution < -0.4 is 4.74 Å². The van der Waals surface area contributed by atoms with Crippen molar-refractivity contribution in [3.63, 3.8) is 0 Å². The van der Waals surface area contributed by atoms with Gasteiger partial charge in [0.05, 0.1) is 5.76 Å². The lowest BCUT2D eigenvalue weighted by Crippen LogP contribution is -2.22. The maximum absolute atomic E-state index is 11.0. The number of benzene rings is 1. The highest BCUT2D eigenvalue weighted by Gasteiger charge is 2.26. The number of carbonyl (C=O) groups excluding carboxylic acids is 1. The van der Waals surface area contributed by atoms with Gasteiger partial charge in [0.2, 0.25) is 6.29 Å². The van der Waals surface area contributed by atoms with E-state index in [1.165, 1.54) is 5.56 Å². The van der Waals surface area contributed by atoms with E-state index < -0.39 is 12.1 Å². The lowest BCUT2D eigenvalue weighted by atomic mass is 9.78. The van der Waals surface area contributed by atoms with E-state index in [0.717, 1.165) is 17.4 Å². The van der Waals surface area contributed by atoms with Crippen molar-refractivity contribution >= 4 is 5.97 Å². The van der Waals surface area contributed by atoms with Gasteiger partial charge in [-0.05, 0) is 37.6 Å². The summed E-state index contributed by atoms with van der Waals surface area (Å²) >= 11 is 0. The van der Waals surface area contributed by atoms with Crippen molar-refractivity contribution in [3.05, 3.63) is 66.0 Å². The Kier molecular flexibility index (Phi) is 8.05. The molecule has 1 aromatic rings. The van der Waals surface area contributed by atoms with E-state index in [2.05, 4.69) is 39.5 Å². The highest BCUT2D eigenvalue weighted by molar-refractivity contribution is 5.81. The highest BCUT2D eigenvalue weighted by Crippen LogP contribution is 2.32. The molecule has 29 heavy (non-hydrogen) atoms. The minimum atomic E-state index is -0.898. The summed E-state index contributed by atoms with van der Waals surface area (Å²) < 4.78 is 21.0. The number of rotatable bonds is 11. The lowest BCUT2D eigenvalue weighted by molar-refractivity contribution is -0.141. The van der Waals surface area contributed by atoms with Crippen molar-refractivity contribution in [2.24, 2.45) is 0 Å². The number of aliphatic hydroxyl groups excluding tert-OH is 1. The van der Waals surface area contributed by atoms with Gasteiger partial charge in [-0.25, -0.2) is 4.79 Å². The van der Waals surface area contributed by atoms with E-state index in [0.29, 0.717) is 12.4 Å². The third kappa shape index (κ3) is 7.40. The molecule has 0 radical (unpaired) electrons. The molecule has 1 aromatic carbocycles. The first kappa shape index (κ1) is 22.7. The second kappa shape index (κ2) is 10.3. The fourth-order valence-electron chi connectivity index (χ4n) is 2.45. The van der Waals surface area contributed by atoms with Gasteiger partial charge in [-0.3, -0.25) is 0 Å². The van der Waals surface area contributed by atoms with E-state index in [1.807, 2.05) is 31.2 Å². The van der Waals surface area contributed by atoms with Gasteiger partial charge >= 0.3 is 5.97 Å². The van der Waals surface area contributed by atoms with Gasteiger partial charge in [0.25, 0.3) is 0 Å². The molecule has 0 spiro atoms. The van der Waals surface area contributed by atoms with Gasteiger partial charge in [0.1, 0.15) is 31.7 Å². The molecule has 2 rings (SSSR count). The van der Waals surface area contributed by atoms with Gasteiger partial charge in [0.15, 0.2) is 0 Å². The molecule has 0 aliphatic carbocycles. The molecule has 6 heteroatoms. The third-order valence-corrected chi connectivity index (χ3v) is 4.79. The Morgan fingerprint density at radius 3 is 2.45 bits per heavy atom. The van der Waals surface area contributed by atoms with Gasteiger partial charge in [-0.2, -0.15) is 0 Å². The van der Waals surface area contributed by atoms with Crippen LogP contribution in [0.15, 0.2) is 60.4 Å². The van der Waals surface area contributed by atoms with Crippen molar-refractivity contribution in [2.45, 2.75) is 45.5 Å². The Hall–Kier alpha value is -2.57. The Labute approximate surface area is 172 Å². The molecule has 0 aromatic heterocycles.